The van der Waals surface area contributed by atoms with E-state index >= 15 is 0 Å². The highest BCUT2D eigenvalue weighted by Crippen LogP contribution is 2.35. The monoisotopic (exact) mass is 333 g/mol. The van der Waals surface area contributed by atoms with Crippen LogP contribution in [-0.2, 0) is 25.3 Å². The fourth-order valence-corrected chi connectivity index (χ4v) is 3.74. The van der Waals surface area contributed by atoms with Gasteiger partial charge < -0.3 is 5.32 Å². The van der Waals surface area contributed by atoms with Gasteiger partial charge in [-0.1, -0.05) is 37.3 Å². The molecule has 1 aromatic carbocycles. The summed E-state index contributed by atoms with van der Waals surface area (Å²) in [5, 5.41) is 8.05. The molecule has 20 heavy (non-hydrogen) atoms. The van der Waals surface area contributed by atoms with Crippen LogP contribution in [-0.4, -0.2) is 22.9 Å². The second kappa shape index (κ2) is 5.34. The predicted molar refractivity (Wildman–Crippen MR) is 85.0 cm³/mol. The molecule has 3 nitrogen and oxygen atoms in total. The van der Waals surface area contributed by atoms with Crippen LogP contribution in [0.3, 0.4) is 0 Å². The molecule has 0 radical (unpaired) electrons. The number of hydrogen-bond donors (Lipinski definition) is 1. The van der Waals surface area contributed by atoms with Crippen LogP contribution in [0.5, 0.6) is 0 Å². The van der Waals surface area contributed by atoms with Crippen molar-refractivity contribution < 1.29 is 0 Å². The third-order valence-corrected chi connectivity index (χ3v) is 5.24. The maximum Gasteiger partial charge on any atom is 0.0766 e. The van der Waals surface area contributed by atoms with Gasteiger partial charge in [-0.3, -0.25) is 4.68 Å². The minimum absolute atomic E-state index is 0.211. The molecular formula is C16H20BrN3. The molecule has 106 valence electrons. The number of nitrogens with one attached hydrogen (secondary N) is 1. The van der Waals surface area contributed by atoms with Crippen LogP contribution in [0.2, 0.25) is 0 Å². The normalized spacial score (nSPS) is 16.9. The maximum atomic E-state index is 4.61. The molecule has 0 spiro atoms. The van der Waals surface area contributed by atoms with Gasteiger partial charge in [-0.05, 0) is 27.9 Å². The average molecular weight is 334 g/mol. The molecule has 1 aromatic heterocycles. The van der Waals surface area contributed by atoms with Crippen molar-refractivity contribution >= 4 is 15.9 Å². The Bertz CT molecular complexity index is 600. The molecule has 1 fully saturated rings. The van der Waals surface area contributed by atoms with E-state index in [9.17, 15) is 0 Å². The van der Waals surface area contributed by atoms with E-state index < -0.39 is 0 Å². The van der Waals surface area contributed by atoms with Gasteiger partial charge in [0.2, 0.25) is 0 Å². The SMILES string of the molecule is CCc1nn(C)c(CC2(c3ccccc3)CNC2)c1Br. The molecular weight excluding hydrogens is 314 g/mol. The lowest BCUT2D eigenvalue weighted by molar-refractivity contribution is 0.269. The van der Waals surface area contributed by atoms with Crippen LogP contribution in [0.15, 0.2) is 34.8 Å². The molecule has 1 N–H and O–H groups in total. The quantitative estimate of drug-likeness (QED) is 0.932. The number of aryl methyl sites for hydroxylation is 2. The van der Waals surface area contributed by atoms with Crippen molar-refractivity contribution in [1.82, 2.24) is 15.1 Å². The molecule has 0 aliphatic carbocycles. The Morgan fingerprint density at radius 3 is 2.50 bits per heavy atom. The van der Waals surface area contributed by atoms with Crippen molar-refractivity contribution in [2.24, 2.45) is 7.05 Å². The van der Waals surface area contributed by atoms with Crippen LogP contribution >= 0.6 is 15.9 Å². The topological polar surface area (TPSA) is 29.9 Å². The van der Waals surface area contributed by atoms with E-state index in [2.05, 4.69) is 63.6 Å². The molecule has 3 rings (SSSR count). The second-order valence-corrected chi connectivity index (χ2v) is 6.40. The minimum atomic E-state index is 0.211. The number of rotatable bonds is 4. The Morgan fingerprint density at radius 2 is 2.00 bits per heavy atom. The van der Waals surface area contributed by atoms with E-state index in [1.807, 2.05) is 11.7 Å². The van der Waals surface area contributed by atoms with Gasteiger partial charge in [0.25, 0.3) is 0 Å². The van der Waals surface area contributed by atoms with Crippen molar-refractivity contribution in [3.63, 3.8) is 0 Å². The molecule has 0 saturated carbocycles. The average Bonchev–Trinajstić information content (AvgIpc) is 2.70. The zero-order valence-corrected chi connectivity index (χ0v) is 13.6. The first-order chi connectivity index (χ1) is 9.66. The highest BCUT2D eigenvalue weighted by molar-refractivity contribution is 9.10. The Hall–Kier alpha value is -1.13. The minimum Gasteiger partial charge on any atom is -0.315 e. The lowest BCUT2D eigenvalue weighted by Crippen LogP contribution is -2.58. The summed E-state index contributed by atoms with van der Waals surface area (Å²) in [6.07, 6.45) is 1.99. The summed E-state index contributed by atoms with van der Waals surface area (Å²) in [6, 6.07) is 10.8. The number of nitrogens with zero attached hydrogens (tertiary/aromatic N) is 2. The van der Waals surface area contributed by atoms with Crippen molar-refractivity contribution in [3.8, 4) is 0 Å². The summed E-state index contributed by atoms with van der Waals surface area (Å²) in [4.78, 5) is 0. The molecule has 2 heterocycles. The summed E-state index contributed by atoms with van der Waals surface area (Å²) in [5.41, 5.74) is 4.08. The molecule has 1 saturated heterocycles. The smallest absolute Gasteiger partial charge is 0.0766 e. The second-order valence-electron chi connectivity index (χ2n) is 5.61. The van der Waals surface area contributed by atoms with Crippen LogP contribution in [0.25, 0.3) is 0 Å². The van der Waals surface area contributed by atoms with Crippen LogP contribution in [0.4, 0.5) is 0 Å². The van der Waals surface area contributed by atoms with E-state index in [-0.39, 0.29) is 5.41 Å². The van der Waals surface area contributed by atoms with Gasteiger partial charge >= 0.3 is 0 Å². The first kappa shape index (κ1) is 13.8. The van der Waals surface area contributed by atoms with Crippen LogP contribution in [0, 0.1) is 0 Å². The largest absolute Gasteiger partial charge is 0.315 e. The maximum absolute atomic E-state index is 4.61. The van der Waals surface area contributed by atoms with Gasteiger partial charge in [0.15, 0.2) is 0 Å². The van der Waals surface area contributed by atoms with E-state index in [4.69, 9.17) is 0 Å². The molecule has 4 heteroatoms. The predicted octanol–water partition coefficient (Wildman–Crippen LogP) is 2.83. The first-order valence-corrected chi connectivity index (χ1v) is 7.92. The van der Waals surface area contributed by atoms with E-state index in [0.29, 0.717) is 0 Å². The lowest BCUT2D eigenvalue weighted by Gasteiger charge is -2.43. The summed E-state index contributed by atoms with van der Waals surface area (Å²) in [5.74, 6) is 0. The lowest BCUT2D eigenvalue weighted by atomic mass is 9.72. The molecule has 0 bridgehead atoms. The zero-order chi connectivity index (χ0) is 14.2. The van der Waals surface area contributed by atoms with Gasteiger partial charge in [0, 0.05) is 32.0 Å². The Labute approximate surface area is 128 Å². The molecule has 0 unspecified atom stereocenters. The van der Waals surface area contributed by atoms with Gasteiger partial charge in [-0.15, -0.1) is 0 Å². The van der Waals surface area contributed by atoms with Crippen molar-refractivity contribution in [2.45, 2.75) is 25.2 Å². The summed E-state index contributed by atoms with van der Waals surface area (Å²) in [6.45, 7) is 4.22. The Morgan fingerprint density at radius 1 is 1.30 bits per heavy atom. The number of halogens is 1. The van der Waals surface area contributed by atoms with Gasteiger partial charge in [-0.25, -0.2) is 0 Å². The third-order valence-electron chi connectivity index (χ3n) is 4.32. The summed E-state index contributed by atoms with van der Waals surface area (Å²) in [7, 11) is 2.05. The van der Waals surface area contributed by atoms with Crippen LogP contribution < -0.4 is 5.32 Å². The van der Waals surface area contributed by atoms with Gasteiger partial charge in [0.1, 0.15) is 0 Å². The van der Waals surface area contributed by atoms with Crippen LogP contribution in [0.1, 0.15) is 23.9 Å². The van der Waals surface area contributed by atoms with E-state index in [0.717, 1.165) is 31.6 Å². The fourth-order valence-electron chi connectivity index (χ4n) is 2.98. The Kier molecular flexibility index (Phi) is 3.69. The Balaban J connectivity index is 1.95. The van der Waals surface area contributed by atoms with Crippen molar-refractivity contribution in [2.75, 3.05) is 13.1 Å². The van der Waals surface area contributed by atoms with E-state index in [1.165, 1.54) is 15.7 Å². The molecule has 1 aliphatic rings. The molecule has 0 atom stereocenters. The van der Waals surface area contributed by atoms with Gasteiger partial charge in [-0.2, -0.15) is 5.10 Å². The highest BCUT2D eigenvalue weighted by atomic mass is 79.9. The summed E-state index contributed by atoms with van der Waals surface area (Å²) < 4.78 is 3.22. The van der Waals surface area contributed by atoms with Crippen molar-refractivity contribution in [3.05, 3.63) is 51.8 Å². The zero-order valence-electron chi connectivity index (χ0n) is 12.0. The number of benzene rings is 1. The van der Waals surface area contributed by atoms with Gasteiger partial charge in [0.05, 0.1) is 15.9 Å². The van der Waals surface area contributed by atoms with Crippen molar-refractivity contribution in [1.29, 1.82) is 0 Å². The number of hydrogen-bond acceptors (Lipinski definition) is 2. The van der Waals surface area contributed by atoms with E-state index in [1.54, 1.807) is 0 Å². The summed E-state index contributed by atoms with van der Waals surface area (Å²) >= 11 is 3.74. The molecule has 0 amide bonds. The first-order valence-electron chi connectivity index (χ1n) is 7.13. The fraction of sp³-hybridized carbons (Fsp3) is 0.438. The molecule has 2 aromatic rings. The number of aromatic nitrogens is 2. The molecule has 1 aliphatic heterocycles. The standard InChI is InChI=1S/C16H20BrN3/c1-3-13-15(17)14(20(2)19-13)9-16(10-18-11-16)12-7-5-4-6-8-12/h4-8,18H,3,9-11H2,1-2H3. The third kappa shape index (κ3) is 2.21. The highest BCUT2D eigenvalue weighted by Gasteiger charge is 2.40.